The van der Waals surface area contributed by atoms with Crippen molar-refractivity contribution in [3.05, 3.63) is 58.1 Å². The van der Waals surface area contributed by atoms with Crippen molar-refractivity contribution >= 4 is 27.6 Å². The highest BCUT2D eigenvalue weighted by atomic mass is 32.2. The number of ether oxygens (including phenoxy) is 2. The minimum atomic E-state index is -4.02. The Balaban J connectivity index is 1.22. The van der Waals surface area contributed by atoms with Crippen LogP contribution in [0.2, 0.25) is 0 Å². The van der Waals surface area contributed by atoms with Gasteiger partial charge < -0.3 is 14.4 Å². The number of nitrogens with zero attached hydrogens (tertiary/aromatic N) is 2. The zero-order valence-corrected chi connectivity index (χ0v) is 24.5. The summed E-state index contributed by atoms with van der Waals surface area (Å²) in [5.41, 5.74) is 1.42. The van der Waals surface area contributed by atoms with E-state index in [1.807, 2.05) is 4.90 Å². The first-order valence-corrected chi connectivity index (χ1v) is 16.0. The summed E-state index contributed by atoms with van der Waals surface area (Å²) < 4.78 is 39.5. The fourth-order valence-electron chi connectivity index (χ4n) is 6.02. The third-order valence-electron chi connectivity index (χ3n) is 8.60. The number of rotatable bonds is 10. The second-order valence-electron chi connectivity index (χ2n) is 11.4. The van der Waals surface area contributed by atoms with Gasteiger partial charge in [-0.3, -0.25) is 19.7 Å². The van der Waals surface area contributed by atoms with Gasteiger partial charge in [0.2, 0.25) is 15.9 Å². The summed E-state index contributed by atoms with van der Waals surface area (Å²) in [5, 5.41) is 11.9. The number of hydrogen-bond donors (Lipinski definition) is 1. The Morgan fingerprint density at radius 1 is 1.07 bits per heavy atom. The number of carbonyl (C=O) groups excluding carboxylic acids is 2. The van der Waals surface area contributed by atoms with Gasteiger partial charge in [0.15, 0.2) is 0 Å². The first kappa shape index (κ1) is 30.1. The first-order valence-electron chi connectivity index (χ1n) is 14.5. The maximum atomic E-state index is 13.3. The summed E-state index contributed by atoms with van der Waals surface area (Å²) >= 11 is 0. The Bertz CT molecular complexity index is 1420. The summed E-state index contributed by atoms with van der Waals surface area (Å²) in [6.45, 7) is 1.76. The van der Waals surface area contributed by atoms with Crippen molar-refractivity contribution in [2.75, 3.05) is 26.9 Å². The number of hydrogen-bond acceptors (Lipinski definition) is 8. The number of sulfonamides is 1. The van der Waals surface area contributed by atoms with E-state index in [4.69, 9.17) is 4.74 Å². The van der Waals surface area contributed by atoms with Gasteiger partial charge in [0.25, 0.3) is 5.69 Å². The van der Waals surface area contributed by atoms with E-state index < -0.39 is 14.9 Å². The van der Waals surface area contributed by atoms with Gasteiger partial charge in [0.1, 0.15) is 0 Å². The maximum Gasteiger partial charge on any atom is 0.305 e. The number of nitro benzene ring substituents is 1. The van der Waals surface area contributed by atoms with Crippen LogP contribution in [0.1, 0.15) is 50.5 Å². The summed E-state index contributed by atoms with van der Waals surface area (Å²) in [7, 11) is -2.69. The Morgan fingerprint density at radius 3 is 2.43 bits per heavy atom. The zero-order valence-electron chi connectivity index (χ0n) is 23.7. The van der Waals surface area contributed by atoms with Crippen LogP contribution in [0.25, 0.3) is 11.1 Å². The molecule has 11 nitrogen and oxygen atoms in total. The Kier molecular flexibility index (Phi) is 9.24. The van der Waals surface area contributed by atoms with E-state index in [-0.39, 0.29) is 46.9 Å². The van der Waals surface area contributed by atoms with Crippen molar-refractivity contribution < 1.29 is 32.4 Å². The number of esters is 1. The molecule has 12 heteroatoms. The summed E-state index contributed by atoms with van der Waals surface area (Å²) in [5.74, 6) is 0.235. The number of nitro groups is 1. The van der Waals surface area contributed by atoms with Crippen molar-refractivity contribution in [1.82, 2.24) is 9.62 Å². The fraction of sp³-hybridized carbons (Fsp3) is 0.533. The van der Waals surface area contributed by atoms with Crippen LogP contribution in [0.3, 0.4) is 0 Å². The SMILES string of the molecule is COC(=O)CCc1ccc(-c2ccc(S(=O)(=O)N[C@H]3CC[C@H](C(=O)N4CCOC[C@@H]4C4CC4)CC3)cc2[N+](=O)[O-])cc1. The van der Waals surface area contributed by atoms with Crippen LogP contribution in [0, 0.1) is 22.0 Å². The van der Waals surface area contributed by atoms with Crippen LogP contribution in [-0.2, 0) is 35.5 Å². The third-order valence-corrected chi connectivity index (χ3v) is 10.1. The maximum absolute atomic E-state index is 13.3. The largest absolute Gasteiger partial charge is 0.469 e. The minimum absolute atomic E-state index is 0.127. The summed E-state index contributed by atoms with van der Waals surface area (Å²) in [6.07, 6.45) is 5.20. The molecule has 0 aromatic heterocycles. The molecule has 1 N–H and O–H groups in total. The number of benzene rings is 2. The molecule has 2 aromatic rings. The highest BCUT2D eigenvalue weighted by Crippen LogP contribution is 2.38. The van der Waals surface area contributed by atoms with Crippen LogP contribution >= 0.6 is 0 Å². The molecule has 5 rings (SSSR count). The lowest BCUT2D eigenvalue weighted by Gasteiger charge is -2.39. The van der Waals surface area contributed by atoms with Crippen molar-refractivity contribution in [2.24, 2.45) is 11.8 Å². The molecule has 1 saturated heterocycles. The smallest absolute Gasteiger partial charge is 0.305 e. The van der Waals surface area contributed by atoms with Gasteiger partial charge in [0, 0.05) is 31.0 Å². The minimum Gasteiger partial charge on any atom is -0.469 e. The topological polar surface area (TPSA) is 145 Å². The van der Waals surface area contributed by atoms with Gasteiger partial charge >= 0.3 is 5.97 Å². The number of nitrogens with one attached hydrogen (secondary N) is 1. The molecule has 3 fully saturated rings. The van der Waals surface area contributed by atoms with Crippen LogP contribution in [0.5, 0.6) is 0 Å². The van der Waals surface area contributed by atoms with E-state index in [1.165, 1.54) is 19.2 Å². The monoisotopic (exact) mass is 599 g/mol. The van der Waals surface area contributed by atoms with Crippen LogP contribution in [0.15, 0.2) is 47.4 Å². The molecule has 2 aromatic carbocycles. The van der Waals surface area contributed by atoms with Gasteiger partial charge in [-0.1, -0.05) is 24.3 Å². The molecule has 226 valence electrons. The standard InChI is InChI=1S/C30H37N3O8S/c1-40-29(34)15-4-20-2-5-21(6-3-20)26-14-13-25(18-27(26)33(36)37)42(38,39)31-24-11-9-23(10-12-24)30(35)32-16-17-41-19-28(32)22-7-8-22/h2-3,5-6,13-14,18,22-24,28,31H,4,7-12,15-17,19H2,1H3/t23-,24-,28-/m1/s1. The predicted octanol–water partition coefficient (Wildman–Crippen LogP) is 3.84. The van der Waals surface area contributed by atoms with E-state index in [9.17, 15) is 28.1 Å². The lowest BCUT2D eigenvalue weighted by atomic mass is 9.85. The molecule has 1 amide bonds. The van der Waals surface area contributed by atoms with Gasteiger partial charge in [-0.05, 0) is 74.1 Å². The molecule has 1 aliphatic heterocycles. The van der Waals surface area contributed by atoms with Crippen molar-refractivity contribution in [1.29, 1.82) is 0 Å². The van der Waals surface area contributed by atoms with Crippen LogP contribution < -0.4 is 4.72 Å². The second kappa shape index (κ2) is 12.9. The molecule has 1 heterocycles. The normalized spacial score (nSPS) is 22.9. The van der Waals surface area contributed by atoms with E-state index in [1.54, 1.807) is 24.3 Å². The van der Waals surface area contributed by atoms with E-state index >= 15 is 0 Å². The van der Waals surface area contributed by atoms with Crippen molar-refractivity contribution in [3.63, 3.8) is 0 Å². The van der Waals surface area contributed by atoms with Crippen molar-refractivity contribution in [3.8, 4) is 11.1 Å². The lowest BCUT2D eigenvalue weighted by Crippen LogP contribution is -2.52. The highest BCUT2D eigenvalue weighted by Gasteiger charge is 2.41. The summed E-state index contributed by atoms with van der Waals surface area (Å²) in [6, 6.07) is 10.7. The van der Waals surface area contributed by atoms with Gasteiger partial charge in [-0.15, -0.1) is 0 Å². The average molecular weight is 600 g/mol. The fourth-order valence-corrected chi connectivity index (χ4v) is 7.35. The number of aryl methyl sites for hydroxylation is 1. The lowest BCUT2D eigenvalue weighted by molar-refractivity contribution is -0.384. The Hall–Kier alpha value is -3.35. The van der Waals surface area contributed by atoms with Gasteiger partial charge in [-0.2, -0.15) is 0 Å². The second-order valence-corrected chi connectivity index (χ2v) is 13.1. The molecule has 0 bridgehead atoms. The van der Waals surface area contributed by atoms with Crippen LogP contribution in [-0.4, -0.2) is 69.1 Å². The number of morpholine rings is 1. The Labute approximate surface area is 245 Å². The predicted molar refractivity (Wildman–Crippen MR) is 154 cm³/mol. The van der Waals surface area contributed by atoms with Gasteiger partial charge in [-0.25, -0.2) is 13.1 Å². The van der Waals surface area contributed by atoms with E-state index in [0.717, 1.165) is 24.5 Å². The zero-order chi connectivity index (χ0) is 29.9. The van der Waals surface area contributed by atoms with Crippen LogP contribution in [0.4, 0.5) is 5.69 Å². The van der Waals surface area contributed by atoms with Crippen molar-refractivity contribution in [2.45, 2.75) is 68.3 Å². The molecular formula is C30H37N3O8S. The molecule has 3 aliphatic rings. The molecule has 2 saturated carbocycles. The quantitative estimate of drug-likeness (QED) is 0.246. The average Bonchev–Trinajstić information content (AvgIpc) is 3.85. The molecule has 2 aliphatic carbocycles. The molecule has 0 radical (unpaired) electrons. The first-order chi connectivity index (χ1) is 20.2. The molecule has 42 heavy (non-hydrogen) atoms. The molecule has 0 unspecified atom stereocenters. The molecule has 1 atom stereocenters. The van der Waals surface area contributed by atoms with E-state index in [2.05, 4.69) is 9.46 Å². The molecule has 0 spiro atoms. The third kappa shape index (κ3) is 6.99. The highest BCUT2D eigenvalue weighted by molar-refractivity contribution is 7.89. The van der Waals surface area contributed by atoms with E-state index in [0.29, 0.717) is 68.9 Å². The Morgan fingerprint density at radius 2 is 1.79 bits per heavy atom. The number of carbonyl (C=O) groups is 2. The number of methoxy groups -OCH3 is 1. The van der Waals surface area contributed by atoms with Gasteiger partial charge in [0.05, 0.1) is 41.7 Å². The summed E-state index contributed by atoms with van der Waals surface area (Å²) in [4.78, 5) is 37.9. The number of amides is 1. The molecular weight excluding hydrogens is 562 g/mol.